The zero-order valence-corrected chi connectivity index (χ0v) is 12.2. The minimum absolute atomic E-state index is 0.0148. The summed E-state index contributed by atoms with van der Waals surface area (Å²) >= 11 is 3.39. The van der Waals surface area contributed by atoms with Crippen molar-refractivity contribution in [3.8, 4) is 5.75 Å². The van der Waals surface area contributed by atoms with E-state index >= 15 is 0 Å². The second kappa shape index (κ2) is 7.12. The van der Waals surface area contributed by atoms with E-state index in [-0.39, 0.29) is 6.61 Å². The van der Waals surface area contributed by atoms with Crippen LogP contribution in [0.1, 0.15) is 24.8 Å². The van der Waals surface area contributed by atoms with Crippen molar-refractivity contribution in [1.82, 2.24) is 4.90 Å². The Morgan fingerprint density at radius 3 is 2.78 bits per heavy atom. The molecule has 1 aliphatic rings. The van der Waals surface area contributed by atoms with Crippen LogP contribution in [-0.4, -0.2) is 36.2 Å². The molecular weight excluding hydrogens is 294 g/mol. The highest BCUT2D eigenvalue weighted by atomic mass is 79.9. The first-order valence-corrected chi connectivity index (χ1v) is 7.33. The van der Waals surface area contributed by atoms with Gasteiger partial charge in [-0.15, -0.1) is 0 Å². The van der Waals surface area contributed by atoms with Gasteiger partial charge < -0.3 is 14.7 Å². The lowest BCUT2D eigenvalue weighted by molar-refractivity contribution is 0.246. The highest BCUT2D eigenvalue weighted by Crippen LogP contribution is 2.23. The maximum Gasteiger partial charge on any atom is 0.124 e. The van der Waals surface area contributed by atoms with E-state index in [0.717, 1.165) is 28.8 Å². The monoisotopic (exact) mass is 313 g/mol. The van der Waals surface area contributed by atoms with Crippen LogP contribution >= 0.6 is 15.9 Å². The van der Waals surface area contributed by atoms with Crippen LogP contribution in [0, 0.1) is 0 Å². The summed E-state index contributed by atoms with van der Waals surface area (Å²) in [6.45, 7) is 4.32. The van der Waals surface area contributed by atoms with E-state index in [1.807, 2.05) is 18.2 Å². The number of hydrogen-bond donors (Lipinski definition) is 1. The summed E-state index contributed by atoms with van der Waals surface area (Å²) < 4.78 is 6.70. The molecule has 2 rings (SSSR count). The van der Waals surface area contributed by atoms with Crippen molar-refractivity contribution in [2.75, 3.05) is 26.2 Å². The van der Waals surface area contributed by atoms with E-state index in [0.29, 0.717) is 6.61 Å². The molecular formula is C14H20BrNO2. The Balaban J connectivity index is 1.75. The van der Waals surface area contributed by atoms with Gasteiger partial charge in [-0.05, 0) is 50.6 Å². The van der Waals surface area contributed by atoms with E-state index in [2.05, 4.69) is 20.8 Å². The Bertz CT molecular complexity index is 378. The van der Waals surface area contributed by atoms with Gasteiger partial charge in [-0.3, -0.25) is 0 Å². The topological polar surface area (TPSA) is 32.7 Å². The van der Waals surface area contributed by atoms with Crippen molar-refractivity contribution in [1.29, 1.82) is 0 Å². The van der Waals surface area contributed by atoms with Gasteiger partial charge in [0, 0.05) is 16.6 Å². The maximum absolute atomic E-state index is 9.26. The first-order valence-electron chi connectivity index (χ1n) is 6.54. The van der Waals surface area contributed by atoms with Crippen molar-refractivity contribution in [2.45, 2.75) is 25.9 Å². The molecule has 3 nitrogen and oxygen atoms in total. The molecule has 0 bridgehead atoms. The van der Waals surface area contributed by atoms with Crippen LogP contribution in [0.25, 0.3) is 0 Å². The minimum atomic E-state index is 0.0148. The molecule has 1 aromatic rings. The summed E-state index contributed by atoms with van der Waals surface area (Å²) in [5.74, 6) is 0.794. The van der Waals surface area contributed by atoms with Crippen LogP contribution in [-0.2, 0) is 6.61 Å². The van der Waals surface area contributed by atoms with Gasteiger partial charge in [-0.2, -0.15) is 0 Å². The average molecular weight is 314 g/mol. The third-order valence-corrected chi connectivity index (χ3v) is 3.76. The third kappa shape index (κ3) is 3.97. The zero-order chi connectivity index (χ0) is 12.8. The summed E-state index contributed by atoms with van der Waals surface area (Å²) in [5.41, 5.74) is 0.838. The van der Waals surface area contributed by atoms with Crippen molar-refractivity contribution in [2.24, 2.45) is 0 Å². The lowest BCUT2D eigenvalue weighted by Gasteiger charge is -2.15. The summed E-state index contributed by atoms with van der Waals surface area (Å²) in [7, 11) is 0. The Hall–Kier alpha value is -0.580. The fraction of sp³-hybridized carbons (Fsp3) is 0.571. The standard InChI is InChI=1S/C14H20BrNO2/c15-13-4-5-14(12(10-13)11-17)18-9-3-8-16-6-1-2-7-16/h4-5,10,17H,1-3,6-9,11H2. The molecule has 0 spiro atoms. The molecule has 4 heteroatoms. The second-order valence-electron chi connectivity index (χ2n) is 4.66. The molecule has 0 aliphatic carbocycles. The van der Waals surface area contributed by atoms with Crippen LogP contribution < -0.4 is 4.74 Å². The number of aliphatic hydroxyl groups is 1. The molecule has 0 unspecified atom stereocenters. The van der Waals surface area contributed by atoms with Gasteiger partial charge in [-0.1, -0.05) is 15.9 Å². The lowest BCUT2D eigenvalue weighted by Crippen LogP contribution is -2.22. The van der Waals surface area contributed by atoms with Crippen LogP contribution in [0.2, 0.25) is 0 Å². The highest BCUT2D eigenvalue weighted by molar-refractivity contribution is 9.10. The van der Waals surface area contributed by atoms with Crippen LogP contribution in [0.4, 0.5) is 0 Å². The number of ether oxygens (including phenoxy) is 1. The zero-order valence-electron chi connectivity index (χ0n) is 10.6. The number of likely N-dealkylation sites (tertiary alicyclic amines) is 1. The molecule has 1 N–H and O–H groups in total. The predicted octanol–water partition coefficient (Wildman–Crippen LogP) is 2.81. The maximum atomic E-state index is 9.26. The molecule has 0 saturated carbocycles. The van der Waals surface area contributed by atoms with Gasteiger partial charge in [-0.25, -0.2) is 0 Å². The minimum Gasteiger partial charge on any atom is -0.493 e. The smallest absolute Gasteiger partial charge is 0.124 e. The van der Waals surface area contributed by atoms with Crippen LogP contribution in [0.3, 0.4) is 0 Å². The van der Waals surface area contributed by atoms with Crippen molar-refractivity contribution >= 4 is 15.9 Å². The molecule has 0 atom stereocenters. The Morgan fingerprint density at radius 2 is 2.06 bits per heavy atom. The van der Waals surface area contributed by atoms with E-state index in [4.69, 9.17) is 4.74 Å². The number of hydrogen-bond acceptors (Lipinski definition) is 3. The molecule has 0 radical (unpaired) electrons. The van der Waals surface area contributed by atoms with Gasteiger partial charge in [0.1, 0.15) is 5.75 Å². The molecule has 1 saturated heterocycles. The summed E-state index contributed by atoms with van der Waals surface area (Å²) in [5, 5.41) is 9.26. The van der Waals surface area contributed by atoms with Crippen LogP contribution in [0.5, 0.6) is 5.75 Å². The SMILES string of the molecule is OCc1cc(Br)ccc1OCCCN1CCCC1. The molecule has 100 valence electrons. The highest BCUT2D eigenvalue weighted by Gasteiger charge is 2.10. The van der Waals surface area contributed by atoms with Gasteiger partial charge in [0.2, 0.25) is 0 Å². The number of aliphatic hydroxyl groups excluding tert-OH is 1. The van der Waals surface area contributed by atoms with Crippen molar-refractivity contribution < 1.29 is 9.84 Å². The van der Waals surface area contributed by atoms with Crippen molar-refractivity contribution in [3.05, 3.63) is 28.2 Å². The second-order valence-corrected chi connectivity index (χ2v) is 5.58. The fourth-order valence-corrected chi connectivity index (χ4v) is 2.70. The fourth-order valence-electron chi connectivity index (χ4n) is 2.29. The first-order chi connectivity index (χ1) is 8.79. The van der Waals surface area contributed by atoms with Gasteiger partial charge in [0.05, 0.1) is 13.2 Å². The van der Waals surface area contributed by atoms with E-state index in [9.17, 15) is 5.11 Å². The quantitative estimate of drug-likeness (QED) is 0.820. The number of benzene rings is 1. The van der Waals surface area contributed by atoms with E-state index in [1.165, 1.54) is 25.9 Å². The summed E-state index contributed by atoms with van der Waals surface area (Å²) in [6.07, 6.45) is 3.71. The van der Waals surface area contributed by atoms with Crippen molar-refractivity contribution in [3.63, 3.8) is 0 Å². The Labute approximate surface area is 117 Å². The summed E-state index contributed by atoms with van der Waals surface area (Å²) in [4.78, 5) is 2.48. The van der Waals surface area contributed by atoms with Gasteiger partial charge in [0.15, 0.2) is 0 Å². The molecule has 0 amide bonds. The van der Waals surface area contributed by atoms with Gasteiger partial charge in [0.25, 0.3) is 0 Å². The van der Waals surface area contributed by atoms with Crippen LogP contribution in [0.15, 0.2) is 22.7 Å². The third-order valence-electron chi connectivity index (χ3n) is 3.27. The van der Waals surface area contributed by atoms with Gasteiger partial charge >= 0.3 is 0 Å². The van der Waals surface area contributed by atoms with E-state index in [1.54, 1.807) is 0 Å². The normalized spacial score (nSPS) is 16.1. The first kappa shape index (κ1) is 13.8. The average Bonchev–Trinajstić information content (AvgIpc) is 2.89. The lowest BCUT2D eigenvalue weighted by atomic mass is 10.2. The molecule has 1 aliphatic heterocycles. The molecule has 0 aromatic heterocycles. The molecule has 1 heterocycles. The number of nitrogens with zero attached hydrogens (tertiary/aromatic N) is 1. The summed E-state index contributed by atoms with van der Waals surface area (Å²) in [6, 6.07) is 5.75. The Kier molecular flexibility index (Phi) is 5.47. The molecule has 1 aromatic carbocycles. The number of rotatable bonds is 6. The molecule has 1 fully saturated rings. The predicted molar refractivity (Wildman–Crippen MR) is 75.9 cm³/mol. The number of halogens is 1. The Morgan fingerprint density at radius 1 is 1.28 bits per heavy atom. The molecule has 18 heavy (non-hydrogen) atoms. The largest absolute Gasteiger partial charge is 0.493 e. The van der Waals surface area contributed by atoms with E-state index < -0.39 is 0 Å².